The van der Waals surface area contributed by atoms with Gasteiger partial charge in [0.25, 0.3) is 0 Å². The SMILES string of the molecule is [K+].[O-][Cl+2]([O-])[O-].[O-][Cl+2]([O-])[O-].[O-][Cl+2]([O-])[O-].[O-][Cl+2]([O-])[O-].[O-][Cl+2]([O-])[O-].[O-][Cl+2]([O-])[O-].[O-][Cl+2]([O-])[O-].[O-][Cl+2]([O-])[O-].[Pb+2].[S]=[Sb+].[Zr+4]. The Morgan fingerprint density at radius 2 is 0.270 bits per heavy atom. The van der Waals surface area contributed by atoms with Crippen molar-refractivity contribution in [3.8, 4) is 0 Å². The normalized spacial score (nSPS) is 7.89. The van der Waals surface area contributed by atoms with E-state index in [-0.39, 0.29) is 105 Å². The van der Waals surface area contributed by atoms with Gasteiger partial charge in [0.05, 0.1) is 86.3 Å². The molecule has 0 aromatic rings. The quantitative estimate of drug-likeness (QED) is 0.203. The van der Waals surface area contributed by atoms with E-state index in [1.54, 1.807) is 0 Å². The molecule has 37 heteroatoms. The molecule has 0 aliphatic carbocycles. The van der Waals surface area contributed by atoms with E-state index in [0.29, 0.717) is 0 Å². The molecular formula is Cl8KO24PbSSbZr. The molecule has 0 amide bonds. The second-order valence-corrected chi connectivity index (χ2v) is 4.54. The van der Waals surface area contributed by atoms with Gasteiger partial charge in [-0.2, -0.15) is 0 Å². The van der Waals surface area contributed by atoms with Crippen molar-refractivity contribution in [1.82, 2.24) is 0 Å². The van der Waals surface area contributed by atoms with Crippen LogP contribution < -0.4 is 163 Å². The molecule has 0 aliphatic heterocycles. The fourth-order valence-electron chi connectivity index (χ4n) is 0. The van der Waals surface area contributed by atoms with Crippen molar-refractivity contribution in [3.05, 3.63) is 0 Å². The molecule has 37 heavy (non-hydrogen) atoms. The molecule has 0 N–H and O–H groups in total. The standard InChI is InChI=1S/8ClO3.K.Pb.S.Sb.Zr/c8*2-1(3)4;;;;;/q8*-1;+1;+2;;+1;+4. The third kappa shape index (κ3) is 1950. The average Bonchev–Trinajstić information content (AvgIpc) is 2.43. The summed E-state index contributed by atoms with van der Waals surface area (Å²) in [4.78, 5) is 0. The summed E-state index contributed by atoms with van der Waals surface area (Å²) in [5.74, 6) is 0. The average molecular weight is 1160 g/mol. The number of hydrogen-bond acceptors (Lipinski definition) is 25. The smallest absolute Gasteiger partial charge is 4.00 e. The molecule has 0 unspecified atom stereocenters. The van der Waals surface area contributed by atoms with E-state index in [9.17, 15) is 0 Å². The first kappa shape index (κ1) is 78.9. The summed E-state index contributed by atoms with van der Waals surface area (Å²) in [5.41, 5.74) is 0. The molecule has 0 rings (SSSR count). The van der Waals surface area contributed by atoms with Crippen LogP contribution in [0.2, 0.25) is 0 Å². The van der Waals surface area contributed by atoms with Crippen LogP contribution in [0.4, 0.5) is 0 Å². The monoisotopic (exact) mass is 1150 g/mol. The summed E-state index contributed by atoms with van der Waals surface area (Å²) in [5, 5.41) is 0. The van der Waals surface area contributed by atoms with Crippen LogP contribution in [0.5, 0.6) is 0 Å². The predicted molar refractivity (Wildman–Crippen MR) is 19.1 cm³/mol. The third-order valence-electron chi connectivity index (χ3n) is 0. The molecule has 0 atom stereocenters. The van der Waals surface area contributed by atoms with Crippen LogP contribution >= 0.6 is 9.19 Å². The van der Waals surface area contributed by atoms with E-state index < -0.39 is 86.3 Å². The molecule has 0 fully saturated rings. The van der Waals surface area contributed by atoms with Crippen LogP contribution in [0.3, 0.4) is 0 Å². The largest absolute Gasteiger partial charge is 4.00 e. The molecule has 0 aliphatic rings. The van der Waals surface area contributed by atoms with Gasteiger partial charge in [-0.15, -0.1) is 0 Å². The summed E-state index contributed by atoms with van der Waals surface area (Å²) >= 11 is 1.33. The van der Waals surface area contributed by atoms with Crippen molar-refractivity contribution in [3.63, 3.8) is 0 Å². The minimum atomic E-state index is -2.85. The number of hydrogen-bond donors (Lipinski definition) is 0. The molecule has 0 spiro atoms. The van der Waals surface area contributed by atoms with Crippen LogP contribution in [-0.2, 0) is 26.2 Å². The summed E-state index contributed by atoms with van der Waals surface area (Å²) in [6.45, 7) is 0. The van der Waals surface area contributed by atoms with E-state index in [0.717, 1.165) is 0 Å². The number of rotatable bonds is 0. The van der Waals surface area contributed by atoms with Crippen LogP contribution in [0, 0.1) is 86.3 Å². The molecule has 0 saturated carbocycles. The summed E-state index contributed by atoms with van der Waals surface area (Å²) < 4.78 is 202. The Balaban J connectivity index is -0.0000000189. The Labute approximate surface area is 327 Å². The minimum Gasteiger partial charge on any atom is 4.00 e. The van der Waals surface area contributed by atoms with Crippen LogP contribution in [0.25, 0.3) is 0 Å². The van der Waals surface area contributed by atoms with Gasteiger partial charge >= 0.3 is 135 Å². The predicted octanol–water partition coefficient (Wildman–Crippen LogP) is -31.6. The topological polar surface area (TPSA) is 553 Å². The zero-order chi connectivity index (χ0) is 30.6. The second-order valence-electron chi connectivity index (χ2n) is 1.51. The van der Waals surface area contributed by atoms with Gasteiger partial charge in [-0.05, 0) is 0 Å². The third-order valence-corrected chi connectivity index (χ3v) is 0. The van der Waals surface area contributed by atoms with Crippen molar-refractivity contribution in [1.29, 1.82) is 0 Å². The van der Waals surface area contributed by atoms with Gasteiger partial charge in [0.2, 0.25) is 0 Å². The van der Waals surface area contributed by atoms with Gasteiger partial charge in [-0.1, -0.05) is 0 Å². The van der Waals surface area contributed by atoms with Crippen molar-refractivity contribution >= 4 is 57.5 Å². The summed E-state index contributed by atoms with van der Waals surface area (Å²) in [6.07, 6.45) is 0. The first-order valence-corrected chi connectivity index (χ1v) is 14.8. The zero-order valence-electron chi connectivity index (χ0n) is 15.7. The van der Waals surface area contributed by atoms with Crippen molar-refractivity contribution in [2.24, 2.45) is 0 Å². The van der Waals surface area contributed by atoms with Crippen molar-refractivity contribution in [2.75, 3.05) is 0 Å². The Morgan fingerprint density at radius 3 is 0.270 bits per heavy atom. The van der Waals surface area contributed by atoms with Crippen LogP contribution in [0.1, 0.15) is 0 Å². The molecule has 0 saturated heterocycles. The first-order chi connectivity index (χ1) is 14.9. The molecular weight excluding hydrogens is 1160 g/mol. The van der Waals surface area contributed by atoms with E-state index in [1.165, 1.54) is 21.1 Å². The zero-order valence-corrected chi connectivity index (χ0v) is 34.6. The maximum absolute atomic E-state index is 8.41. The van der Waals surface area contributed by atoms with Gasteiger partial charge in [0.15, 0.2) is 0 Å². The van der Waals surface area contributed by atoms with Gasteiger partial charge in [0.1, 0.15) is 0 Å². The molecule has 0 heterocycles. The Kier molecular flexibility index (Phi) is 167. The Morgan fingerprint density at radius 1 is 0.270 bits per heavy atom. The Hall–Kier alpha value is 5.84. The van der Waals surface area contributed by atoms with E-state index >= 15 is 0 Å². The molecule has 24 nitrogen and oxygen atoms in total. The first-order valence-electron chi connectivity index (χ1n) is 3.89. The molecule has 0 aromatic carbocycles. The van der Waals surface area contributed by atoms with Gasteiger partial charge in [-0.25, -0.2) is 0 Å². The fraction of sp³-hybridized carbons (Fsp3) is 0. The van der Waals surface area contributed by atoms with Crippen molar-refractivity contribution in [2.45, 2.75) is 0 Å². The Bertz CT molecular complexity index is 181. The van der Waals surface area contributed by atoms with Crippen LogP contribution in [-0.4, -0.2) is 48.4 Å². The van der Waals surface area contributed by atoms with Gasteiger partial charge in [0, 0.05) is 0 Å². The summed E-state index contributed by atoms with van der Waals surface area (Å²) in [7, 11) is -18.7. The summed E-state index contributed by atoms with van der Waals surface area (Å²) in [6, 6.07) is 0. The van der Waals surface area contributed by atoms with E-state index in [2.05, 4.69) is 9.19 Å². The van der Waals surface area contributed by atoms with Crippen LogP contribution in [0.15, 0.2) is 0 Å². The van der Waals surface area contributed by atoms with E-state index in [1.807, 2.05) is 0 Å². The minimum absolute atomic E-state index is 0. The molecule has 220 valence electrons. The molecule has 0 aromatic heterocycles. The molecule has 0 bridgehead atoms. The maximum Gasteiger partial charge on any atom is 4.00 e. The fourth-order valence-corrected chi connectivity index (χ4v) is 0. The molecule has 4 radical (unpaired) electrons. The van der Waals surface area contributed by atoms with E-state index in [4.69, 9.17) is 112 Å². The maximum atomic E-state index is 8.41. The van der Waals surface area contributed by atoms with Gasteiger partial charge < -0.3 is 112 Å². The second kappa shape index (κ2) is 78.4. The number of halogens is 8. The van der Waals surface area contributed by atoms with Crippen molar-refractivity contribution < 1.29 is 276 Å². The van der Waals surface area contributed by atoms with Gasteiger partial charge in [-0.3, -0.25) is 0 Å².